The van der Waals surface area contributed by atoms with Crippen LogP contribution in [-0.4, -0.2) is 52.9 Å². The fourth-order valence-corrected chi connectivity index (χ4v) is 2.37. The SMILES string of the molecule is CO[C@@H]1C[C@@H](O)[C@H](OCc2ccccc2)[C@@H](O)[C@@H]1O. The van der Waals surface area contributed by atoms with Gasteiger partial charge in [0.25, 0.3) is 0 Å². The van der Waals surface area contributed by atoms with Crippen LogP contribution >= 0.6 is 0 Å². The predicted octanol–water partition coefficient (Wildman–Crippen LogP) is 0.0732. The molecule has 0 radical (unpaired) electrons. The van der Waals surface area contributed by atoms with Gasteiger partial charge in [0.05, 0.1) is 18.8 Å². The van der Waals surface area contributed by atoms with Crippen molar-refractivity contribution in [3.05, 3.63) is 35.9 Å². The summed E-state index contributed by atoms with van der Waals surface area (Å²) in [4.78, 5) is 0. The van der Waals surface area contributed by atoms with Crippen LogP contribution in [0.1, 0.15) is 12.0 Å². The monoisotopic (exact) mass is 268 g/mol. The van der Waals surface area contributed by atoms with Crippen molar-refractivity contribution in [1.82, 2.24) is 0 Å². The van der Waals surface area contributed by atoms with Crippen molar-refractivity contribution in [2.75, 3.05) is 7.11 Å². The summed E-state index contributed by atoms with van der Waals surface area (Å²) in [6.07, 6.45) is -4.18. The van der Waals surface area contributed by atoms with Gasteiger partial charge in [-0.15, -0.1) is 0 Å². The molecule has 1 saturated carbocycles. The maximum absolute atomic E-state index is 9.97. The van der Waals surface area contributed by atoms with Gasteiger partial charge in [-0.05, 0) is 5.56 Å². The van der Waals surface area contributed by atoms with Crippen molar-refractivity contribution in [3.8, 4) is 0 Å². The summed E-state index contributed by atoms with van der Waals surface area (Å²) in [5, 5.41) is 29.8. The Morgan fingerprint density at radius 2 is 1.79 bits per heavy atom. The molecule has 0 unspecified atom stereocenters. The van der Waals surface area contributed by atoms with Crippen LogP contribution in [0.3, 0.4) is 0 Å². The fourth-order valence-electron chi connectivity index (χ4n) is 2.37. The molecule has 1 aliphatic rings. The average molecular weight is 268 g/mol. The van der Waals surface area contributed by atoms with Crippen molar-refractivity contribution in [2.24, 2.45) is 0 Å². The molecule has 5 atom stereocenters. The van der Waals surface area contributed by atoms with Crippen LogP contribution in [0.5, 0.6) is 0 Å². The van der Waals surface area contributed by atoms with Crippen LogP contribution in [-0.2, 0) is 16.1 Å². The molecule has 0 saturated heterocycles. The zero-order valence-electron chi connectivity index (χ0n) is 10.8. The van der Waals surface area contributed by atoms with Crippen LogP contribution in [0.4, 0.5) is 0 Å². The minimum Gasteiger partial charge on any atom is -0.390 e. The first-order valence-corrected chi connectivity index (χ1v) is 6.36. The van der Waals surface area contributed by atoms with Gasteiger partial charge in [-0.25, -0.2) is 0 Å². The number of aliphatic hydroxyl groups excluding tert-OH is 3. The van der Waals surface area contributed by atoms with Gasteiger partial charge in [0, 0.05) is 13.5 Å². The lowest BCUT2D eigenvalue weighted by molar-refractivity contribution is -0.202. The largest absolute Gasteiger partial charge is 0.390 e. The molecule has 0 bridgehead atoms. The Labute approximate surface area is 112 Å². The summed E-state index contributed by atoms with van der Waals surface area (Å²) in [5.74, 6) is 0. The van der Waals surface area contributed by atoms with E-state index in [0.717, 1.165) is 5.56 Å². The Morgan fingerprint density at radius 3 is 2.42 bits per heavy atom. The number of benzene rings is 1. The van der Waals surface area contributed by atoms with Gasteiger partial charge in [-0.2, -0.15) is 0 Å². The van der Waals surface area contributed by atoms with Crippen molar-refractivity contribution < 1.29 is 24.8 Å². The molecule has 0 aliphatic heterocycles. The lowest BCUT2D eigenvalue weighted by atomic mass is 9.87. The van der Waals surface area contributed by atoms with Gasteiger partial charge in [-0.1, -0.05) is 30.3 Å². The molecule has 1 aromatic carbocycles. The van der Waals surface area contributed by atoms with Crippen LogP contribution in [0.2, 0.25) is 0 Å². The highest BCUT2D eigenvalue weighted by Gasteiger charge is 2.43. The molecule has 2 rings (SSSR count). The van der Waals surface area contributed by atoms with Crippen molar-refractivity contribution in [1.29, 1.82) is 0 Å². The summed E-state index contributed by atoms with van der Waals surface area (Å²) in [5.41, 5.74) is 0.949. The van der Waals surface area contributed by atoms with Gasteiger partial charge >= 0.3 is 0 Å². The molecule has 0 amide bonds. The second-order valence-corrected chi connectivity index (χ2v) is 4.82. The van der Waals surface area contributed by atoms with Gasteiger partial charge < -0.3 is 24.8 Å². The topological polar surface area (TPSA) is 79.2 Å². The molecular weight excluding hydrogens is 248 g/mol. The molecule has 3 N–H and O–H groups in total. The maximum Gasteiger partial charge on any atom is 0.112 e. The van der Waals surface area contributed by atoms with E-state index in [4.69, 9.17) is 9.47 Å². The molecule has 1 aliphatic carbocycles. The first kappa shape index (κ1) is 14.4. The number of rotatable bonds is 4. The number of hydrogen-bond donors (Lipinski definition) is 3. The van der Waals surface area contributed by atoms with Gasteiger partial charge in [-0.3, -0.25) is 0 Å². The first-order valence-electron chi connectivity index (χ1n) is 6.36. The van der Waals surface area contributed by atoms with Crippen LogP contribution in [0.25, 0.3) is 0 Å². The van der Waals surface area contributed by atoms with E-state index >= 15 is 0 Å². The standard InChI is InChI=1S/C14H20O5/c1-18-11-7-10(15)14(13(17)12(11)16)19-8-9-5-3-2-4-6-9/h2-6,10-17H,7-8H2,1H3/t10-,11-,12-,13+,14+/m1/s1. The smallest absolute Gasteiger partial charge is 0.112 e. The Balaban J connectivity index is 1.96. The van der Waals surface area contributed by atoms with E-state index in [2.05, 4.69) is 0 Å². The summed E-state index contributed by atoms with van der Waals surface area (Å²) in [7, 11) is 1.44. The predicted molar refractivity (Wildman–Crippen MR) is 68.5 cm³/mol. The molecule has 1 aromatic rings. The Bertz CT molecular complexity index is 383. The molecular formula is C14H20O5. The van der Waals surface area contributed by atoms with E-state index < -0.39 is 30.5 Å². The number of hydrogen-bond acceptors (Lipinski definition) is 5. The molecule has 0 heterocycles. The minimum absolute atomic E-state index is 0.244. The van der Waals surface area contributed by atoms with Crippen LogP contribution in [0.15, 0.2) is 30.3 Å². The third-order valence-electron chi connectivity index (χ3n) is 3.51. The first-order chi connectivity index (χ1) is 9.13. The van der Waals surface area contributed by atoms with Gasteiger partial charge in [0.1, 0.15) is 18.3 Å². The van der Waals surface area contributed by atoms with E-state index in [9.17, 15) is 15.3 Å². The molecule has 1 fully saturated rings. The molecule has 5 heteroatoms. The summed E-state index contributed by atoms with van der Waals surface area (Å²) in [6, 6.07) is 9.48. The van der Waals surface area contributed by atoms with E-state index in [1.807, 2.05) is 30.3 Å². The third-order valence-corrected chi connectivity index (χ3v) is 3.51. The number of aliphatic hydroxyl groups is 3. The van der Waals surface area contributed by atoms with Crippen molar-refractivity contribution >= 4 is 0 Å². The Kier molecular flexibility index (Phi) is 4.90. The molecule has 5 nitrogen and oxygen atoms in total. The van der Waals surface area contributed by atoms with Gasteiger partial charge in [0.2, 0.25) is 0 Å². The third kappa shape index (κ3) is 3.32. The molecule has 106 valence electrons. The highest BCUT2D eigenvalue weighted by molar-refractivity contribution is 5.13. The minimum atomic E-state index is -1.16. The highest BCUT2D eigenvalue weighted by Crippen LogP contribution is 2.25. The van der Waals surface area contributed by atoms with E-state index in [1.165, 1.54) is 7.11 Å². The van der Waals surface area contributed by atoms with Crippen molar-refractivity contribution in [3.63, 3.8) is 0 Å². The van der Waals surface area contributed by atoms with E-state index in [-0.39, 0.29) is 13.0 Å². The zero-order valence-corrected chi connectivity index (χ0v) is 10.8. The average Bonchev–Trinajstić information content (AvgIpc) is 2.44. The molecule has 0 spiro atoms. The van der Waals surface area contributed by atoms with Crippen molar-refractivity contribution in [2.45, 2.75) is 43.5 Å². The Hall–Kier alpha value is -0.980. The quantitative estimate of drug-likeness (QED) is 0.720. The second-order valence-electron chi connectivity index (χ2n) is 4.82. The highest BCUT2D eigenvalue weighted by atomic mass is 16.5. The maximum atomic E-state index is 9.97. The number of methoxy groups -OCH3 is 1. The summed E-state index contributed by atoms with van der Waals surface area (Å²) >= 11 is 0. The lowest BCUT2D eigenvalue weighted by Crippen LogP contribution is -2.57. The normalized spacial score (nSPS) is 35.3. The summed E-state index contributed by atoms with van der Waals surface area (Å²) < 4.78 is 10.6. The lowest BCUT2D eigenvalue weighted by Gasteiger charge is -2.39. The van der Waals surface area contributed by atoms with Crippen LogP contribution < -0.4 is 0 Å². The van der Waals surface area contributed by atoms with E-state index in [0.29, 0.717) is 0 Å². The molecule has 0 aromatic heterocycles. The second kappa shape index (κ2) is 6.45. The van der Waals surface area contributed by atoms with Crippen LogP contribution in [0, 0.1) is 0 Å². The fraction of sp³-hybridized carbons (Fsp3) is 0.571. The van der Waals surface area contributed by atoms with E-state index in [1.54, 1.807) is 0 Å². The number of ether oxygens (including phenoxy) is 2. The molecule has 19 heavy (non-hydrogen) atoms. The Morgan fingerprint density at radius 1 is 1.11 bits per heavy atom. The van der Waals surface area contributed by atoms with Gasteiger partial charge in [0.15, 0.2) is 0 Å². The zero-order chi connectivity index (χ0) is 13.8. The summed E-state index contributed by atoms with van der Waals surface area (Å²) in [6.45, 7) is 0.282.